The number of hydrogen-bond acceptors (Lipinski definition) is 2. The van der Waals surface area contributed by atoms with E-state index < -0.39 is 0 Å². The number of amides is 1. The van der Waals surface area contributed by atoms with E-state index in [4.69, 9.17) is 4.42 Å². The predicted molar refractivity (Wildman–Crippen MR) is 77.6 cm³/mol. The molecule has 1 fully saturated rings. The summed E-state index contributed by atoms with van der Waals surface area (Å²) < 4.78 is 4.94. The van der Waals surface area contributed by atoms with Crippen molar-refractivity contribution < 1.29 is 9.21 Å². The Kier molecular flexibility index (Phi) is 3.86. The summed E-state index contributed by atoms with van der Waals surface area (Å²) in [5, 5.41) is 3.09. The van der Waals surface area contributed by atoms with Crippen LogP contribution in [-0.2, 0) is 0 Å². The average molecular weight is 269 g/mol. The van der Waals surface area contributed by atoms with Gasteiger partial charge in [0.15, 0.2) is 0 Å². The molecule has 1 N–H and O–H groups in total. The zero-order valence-corrected chi connectivity index (χ0v) is 11.4. The highest BCUT2D eigenvalue weighted by Gasteiger charge is 2.23. The minimum absolute atomic E-state index is 0.0260. The van der Waals surface area contributed by atoms with Crippen molar-refractivity contribution in [3.8, 4) is 0 Å². The first kappa shape index (κ1) is 13.0. The molecule has 1 saturated carbocycles. The molecular formula is C17H19NO2. The smallest absolute Gasteiger partial charge is 0.254 e. The van der Waals surface area contributed by atoms with E-state index in [0.29, 0.717) is 11.5 Å². The van der Waals surface area contributed by atoms with Gasteiger partial charge in [-0.1, -0.05) is 30.3 Å². The van der Waals surface area contributed by atoms with Crippen LogP contribution in [-0.4, -0.2) is 11.9 Å². The van der Waals surface area contributed by atoms with Crippen LogP contribution < -0.4 is 5.32 Å². The second-order valence-electron chi connectivity index (χ2n) is 5.44. The van der Waals surface area contributed by atoms with Gasteiger partial charge in [0.25, 0.3) is 5.91 Å². The summed E-state index contributed by atoms with van der Waals surface area (Å²) in [6, 6.07) is 12.6. The lowest BCUT2D eigenvalue weighted by Crippen LogP contribution is -2.37. The number of carbonyl (C=O) groups is 1. The Morgan fingerprint density at radius 1 is 1.05 bits per heavy atom. The first-order chi connectivity index (χ1) is 9.83. The summed E-state index contributed by atoms with van der Waals surface area (Å²) in [6.07, 6.45) is 7.39. The molecule has 1 aromatic heterocycles. The maximum atomic E-state index is 12.0. The van der Waals surface area contributed by atoms with Gasteiger partial charge in [0.05, 0.1) is 11.8 Å². The van der Waals surface area contributed by atoms with Crippen molar-refractivity contribution in [2.24, 2.45) is 0 Å². The van der Waals surface area contributed by atoms with Crippen LogP contribution in [0.2, 0.25) is 0 Å². The van der Waals surface area contributed by atoms with Crippen LogP contribution in [0.4, 0.5) is 0 Å². The molecule has 1 aliphatic carbocycles. The van der Waals surface area contributed by atoms with Crippen molar-refractivity contribution >= 4 is 5.91 Å². The average Bonchev–Trinajstić information content (AvgIpc) is 3.03. The molecule has 2 aromatic rings. The van der Waals surface area contributed by atoms with Crippen LogP contribution in [0.15, 0.2) is 53.3 Å². The van der Waals surface area contributed by atoms with E-state index in [0.717, 1.165) is 25.7 Å². The number of rotatable bonds is 3. The third-order valence-corrected chi connectivity index (χ3v) is 4.12. The van der Waals surface area contributed by atoms with Crippen molar-refractivity contribution in [3.05, 3.63) is 60.1 Å². The van der Waals surface area contributed by atoms with E-state index in [1.54, 1.807) is 6.07 Å². The highest BCUT2D eigenvalue weighted by atomic mass is 16.3. The zero-order chi connectivity index (χ0) is 13.8. The van der Waals surface area contributed by atoms with Gasteiger partial charge in [-0.2, -0.15) is 0 Å². The van der Waals surface area contributed by atoms with Gasteiger partial charge < -0.3 is 9.73 Å². The molecule has 3 heteroatoms. The van der Waals surface area contributed by atoms with E-state index in [-0.39, 0.29) is 11.9 Å². The van der Waals surface area contributed by atoms with E-state index >= 15 is 0 Å². The van der Waals surface area contributed by atoms with E-state index in [2.05, 4.69) is 35.6 Å². The Hall–Kier alpha value is -2.03. The second-order valence-corrected chi connectivity index (χ2v) is 5.44. The number of benzene rings is 1. The van der Waals surface area contributed by atoms with E-state index in [1.807, 2.05) is 0 Å². The Bertz CT molecular complexity index is 540. The summed E-state index contributed by atoms with van der Waals surface area (Å²) in [5.74, 6) is 0.611. The lowest BCUT2D eigenvalue weighted by atomic mass is 9.82. The zero-order valence-electron chi connectivity index (χ0n) is 11.4. The quantitative estimate of drug-likeness (QED) is 0.922. The normalized spacial score (nSPS) is 22.4. The Morgan fingerprint density at radius 2 is 1.80 bits per heavy atom. The first-order valence-corrected chi connectivity index (χ1v) is 7.21. The number of carbonyl (C=O) groups excluding carboxylic acids is 1. The van der Waals surface area contributed by atoms with Crippen molar-refractivity contribution in [1.82, 2.24) is 5.32 Å². The van der Waals surface area contributed by atoms with Gasteiger partial charge >= 0.3 is 0 Å². The largest absolute Gasteiger partial charge is 0.472 e. The third kappa shape index (κ3) is 2.93. The molecule has 3 rings (SSSR count). The molecule has 20 heavy (non-hydrogen) atoms. The molecule has 0 saturated heterocycles. The minimum atomic E-state index is -0.0260. The summed E-state index contributed by atoms with van der Waals surface area (Å²) >= 11 is 0. The molecule has 3 nitrogen and oxygen atoms in total. The molecule has 1 aliphatic rings. The fraction of sp³-hybridized carbons (Fsp3) is 0.353. The highest BCUT2D eigenvalue weighted by Crippen LogP contribution is 2.32. The van der Waals surface area contributed by atoms with Crippen LogP contribution in [0.3, 0.4) is 0 Å². The maximum absolute atomic E-state index is 12.0. The van der Waals surface area contributed by atoms with E-state index in [9.17, 15) is 4.79 Å². The fourth-order valence-corrected chi connectivity index (χ4v) is 2.96. The molecule has 0 spiro atoms. The Balaban J connectivity index is 1.53. The van der Waals surface area contributed by atoms with Gasteiger partial charge in [0, 0.05) is 6.04 Å². The van der Waals surface area contributed by atoms with Crippen LogP contribution in [0.5, 0.6) is 0 Å². The summed E-state index contributed by atoms with van der Waals surface area (Å²) in [5.41, 5.74) is 2.03. The van der Waals surface area contributed by atoms with Crippen LogP contribution in [0, 0.1) is 0 Å². The van der Waals surface area contributed by atoms with Gasteiger partial charge in [0.1, 0.15) is 6.26 Å². The monoisotopic (exact) mass is 269 g/mol. The molecule has 0 radical (unpaired) electrons. The molecule has 1 heterocycles. The van der Waals surface area contributed by atoms with Crippen molar-refractivity contribution in [2.45, 2.75) is 37.6 Å². The number of furan rings is 1. The van der Waals surface area contributed by atoms with Crippen LogP contribution in [0.1, 0.15) is 47.5 Å². The summed E-state index contributed by atoms with van der Waals surface area (Å²) in [4.78, 5) is 12.0. The molecule has 0 unspecified atom stereocenters. The highest BCUT2D eigenvalue weighted by molar-refractivity contribution is 5.93. The number of nitrogens with one attached hydrogen (secondary N) is 1. The van der Waals surface area contributed by atoms with Crippen LogP contribution >= 0.6 is 0 Å². The van der Waals surface area contributed by atoms with Gasteiger partial charge in [-0.3, -0.25) is 4.79 Å². The van der Waals surface area contributed by atoms with E-state index in [1.165, 1.54) is 18.1 Å². The first-order valence-electron chi connectivity index (χ1n) is 7.21. The standard InChI is InChI=1S/C17H19NO2/c19-17(15-10-11-20-12-15)18-16-8-6-14(7-9-16)13-4-2-1-3-5-13/h1-5,10-12,14,16H,6-9H2,(H,18,19). The van der Waals surface area contributed by atoms with Crippen molar-refractivity contribution in [2.75, 3.05) is 0 Å². The molecule has 0 bridgehead atoms. The minimum Gasteiger partial charge on any atom is -0.472 e. The number of hydrogen-bond donors (Lipinski definition) is 1. The second kappa shape index (κ2) is 5.95. The molecule has 1 aromatic carbocycles. The topological polar surface area (TPSA) is 42.2 Å². The lowest BCUT2D eigenvalue weighted by molar-refractivity contribution is 0.0925. The van der Waals surface area contributed by atoms with Gasteiger partial charge in [0.2, 0.25) is 0 Å². The van der Waals surface area contributed by atoms with Gasteiger partial charge in [-0.25, -0.2) is 0 Å². The molecular weight excluding hydrogens is 250 g/mol. The van der Waals surface area contributed by atoms with Crippen molar-refractivity contribution in [1.29, 1.82) is 0 Å². The Labute approximate surface area is 119 Å². The molecule has 104 valence electrons. The molecule has 0 atom stereocenters. The maximum Gasteiger partial charge on any atom is 0.254 e. The fourth-order valence-electron chi connectivity index (χ4n) is 2.96. The molecule has 1 amide bonds. The molecule has 0 aliphatic heterocycles. The third-order valence-electron chi connectivity index (χ3n) is 4.12. The van der Waals surface area contributed by atoms with Crippen molar-refractivity contribution in [3.63, 3.8) is 0 Å². The summed E-state index contributed by atoms with van der Waals surface area (Å²) in [6.45, 7) is 0. The summed E-state index contributed by atoms with van der Waals surface area (Å²) in [7, 11) is 0. The predicted octanol–water partition coefficient (Wildman–Crippen LogP) is 3.74. The lowest BCUT2D eigenvalue weighted by Gasteiger charge is -2.29. The van der Waals surface area contributed by atoms with Gasteiger partial charge in [-0.15, -0.1) is 0 Å². The SMILES string of the molecule is O=C(NC1CCC(c2ccccc2)CC1)c1ccoc1. The Morgan fingerprint density at radius 3 is 2.45 bits per heavy atom. The van der Waals surface area contributed by atoms with Crippen LogP contribution in [0.25, 0.3) is 0 Å². The van der Waals surface area contributed by atoms with Gasteiger partial charge in [-0.05, 0) is 43.2 Å².